The molecular weight excluding hydrogens is 476 g/mol. The summed E-state index contributed by atoms with van der Waals surface area (Å²) in [7, 11) is 1.71. The quantitative estimate of drug-likeness (QED) is 0.195. The molecule has 0 radical (unpaired) electrons. The molecule has 5 aromatic carbocycles. The number of fused-ring (bicyclic) bond motifs is 1. The molecule has 198 valence electrons. The van der Waals surface area contributed by atoms with Crippen LogP contribution < -0.4 is 9.47 Å². The van der Waals surface area contributed by atoms with Crippen LogP contribution in [-0.4, -0.2) is 7.11 Å². The minimum Gasteiger partial charge on any atom is -0.497 e. The van der Waals surface area contributed by atoms with E-state index in [9.17, 15) is 0 Å². The normalized spacial score (nSPS) is 12.1. The maximum Gasteiger partial charge on any atom is 0.128 e. The van der Waals surface area contributed by atoms with E-state index in [2.05, 4.69) is 119 Å². The van der Waals surface area contributed by atoms with Crippen molar-refractivity contribution < 1.29 is 9.47 Å². The fraction of sp³-hybridized carbons (Fsp3) is 0.243. The zero-order valence-electron chi connectivity index (χ0n) is 23.7. The third kappa shape index (κ3) is 6.17. The largest absolute Gasteiger partial charge is 0.497 e. The second-order valence-electron chi connectivity index (χ2n) is 10.8. The van der Waals surface area contributed by atoms with Crippen molar-refractivity contribution in [2.75, 3.05) is 7.11 Å². The molecule has 0 heterocycles. The molecule has 0 aliphatic rings. The van der Waals surface area contributed by atoms with Gasteiger partial charge in [0.05, 0.1) is 7.11 Å². The maximum atomic E-state index is 6.30. The fourth-order valence-corrected chi connectivity index (χ4v) is 5.30. The number of aryl methyl sites for hydroxylation is 1. The van der Waals surface area contributed by atoms with Gasteiger partial charge in [-0.05, 0) is 111 Å². The van der Waals surface area contributed by atoms with Gasteiger partial charge < -0.3 is 9.47 Å². The smallest absolute Gasteiger partial charge is 0.128 e. The van der Waals surface area contributed by atoms with E-state index in [1.807, 2.05) is 12.1 Å². The van der Waals surface area contributed by atoms with Gasteiger partial charge in [0, 0.05) is 0 Å². The lowest BCUT2D eigenvalue weighted by atomic mass is 9.91. The summed E-state index contributed by atoms with van der Waals surface area (Å²) in [6.45, 7) is 9.00. The summed E-state index contributed by atoms with van der Waals surface area (Å²) in [5, 5.41) is 2.46. The first-order chi connectivity index (χ1) is 18.9. The molecule has 0 amide bonds. The topological polar surface area (TPSA) is 18.5 Å². The van der Waals surface area contributed by atoms with Crippen molar-refractivity contribution in [3.63, 3.8) is 0 Å². The van der Waals surface area contributed by atoms with E-state index < -0.39 is 0 Å². The highest BCUT2D eigenvalue weighted by Gasteiger charge is 2.10. The predicted octanol–water partition coefficient (Wildman–Crippen LogP) is 10.3. The molecule has 39 heavy (non-hydrogen) atoms. The van der Waals surface area contributed by atoms with E-state index in [4.69, 9.17) is 9.47 Å². The van der Waals surface area contributed by atoms with E-state index in [0.29, 0.717) is 11.8 Å². The maximum absolute atomic E-state index is 6.30. The number of hydrogen-bond acceptors (Lipinski definition) is 2. The van der Waals surface area contributed by atoms with Crippen molar-refractivity contribution in [1.29, 1.82) is 0 Å². The minimum atomic E-state index is 0.434. The SMILES string of the molecule is CCc1cc(-c2cccc(Oc3ccc([C@@H](C)Cc4cccc(C(C)C)c4)cc3)c2)cc2cc(OC)ccc12. The standard InChI is InChI=1S/C37H38O2/c1-6-28-21-32(22-33-24-35(38-5)17-18-37(28)33)31-11-8-12-36(23-31)39-34-15-13-29(14-16-34)26(4)19-27-9-7-10-30(20-27)25(2)3/h7-18,20-26H,6,19H2,1-5H3/t26-/m0/s1. The van der Waals surface area contributed by atoms with Crippen LogP contribution in [0.25, 0.3) is 21.9 Å². The summed E-state index contributed by atoms with van der Waals surface area (Å²) >= 11 is 0. The first-order valence-corrected chi connectivity index (χ1v) is 14.0. The number of ether oxygens (including phenoxy) is 2. The summed E-state index contributed by atoms with van der Waals surface area (Å²) in [5.74, 6) is 3.54. The Morgan fingerprint density at radius 1 is 0.641 bits per heavy atom. The zero-order chi connectivity index (χ0) is 27.4. The molecule has 5 aromatic rings. The van der Waals surface area contributed by atoms with E-state index in [1.54, 1.807) is 7.11 Å². The third-order valence-corrected chi connectivity index (χ3v) is 7.64. The summed E-state index contributed by atoms with van der Waals surface area (Å²) in [6, 6.07) is 36.7. The highest BCUT2D eigenvalue weighted by atomic mass is 16.5. The average molecular weight is 515 g/mol. The van der Waals surface area contributed by atoms with E-state index in [1.165, 1.54) is 38.6 Å². The monoisotopic (exact) mass is 514 g/mol. The molecule has 0 fully saturated rings. The minimum absolute atomic E-state index is 0.434. The van der Waals surface area contributed by atoms with Gasteiger partial charge in [0.2, 0.25) is 0 Å². The molecule has 2 heteroatoms. The lowest BCUT2D eigenvalue weighted by Crippen LogP contribution is -1.99. The van der Waals surface area contributed by atoms with Crippen molar-refractivity contribution in [1.82, 2.24) is 0 Å². The summed E-state index contributed by atoms with van der Waals surface area (Å²) < 4.78 is 11.8. The molecule has 0 unspecified atom stereocenters. The first-order valence-electron chi connectivity index (χ1n) is 14.0. The molecule has 0 aromatic heterocycles. The van der Waals surface area contributed by atoms with Gasteiger partial charge in [-0.3, -0.25) is 0 Å². The molecule has 0 N–H and O–H groups in total. The average Bonchev–Trinajstić information content (AvgIpc) is 2.96. The van der Waals surface area contributed by atoms with E-state index in [-0.39, 0.29) is 0 Å². The fourth-order valence-electron chi connectivity index (χ4n) is 5.30. The Kier molecular flexibility index (Phi) is 8.02. The van der Waals surface area contributed by atoms with E-state index in [0.717, 1.165) is 35.7 Å². The molecule has 0 aliphatic heterocycles. The van der Waals surface area contributed by atoms with Gasteiger partial charge in [0.1, 0.15) is 17.2 Å². The Bertz CT molecular complexity index is 1560. The second-order valence-corrected chi connectivity index (χ2v) is 10.8. The van der Waals surface area contributed by atoms with Crippen LogP contribution in [0.15, 0.2) is 103 Å². The number of rotatable bonds is 9. The predicted molar refractivity (Wildman–Crippen MR) is 164 cm³/mol. The first kappa shape index (κ1) is 26.6. The molecule has 0 spiro atoms. The molecule has 1 atom stereocenters. The molecule has 0 aliphatic carbocycles. The van der Waals surface area contributed by atoms with Gasteiger partial charge in [0.15, 0.2) is 0 Å². The molecule has 0 bridgehead atoms. The van der Waals surface area contributed by atoms with Crippen LogP contribution >= 0.6 is 0 Å². The molecule has 0 saturated carbocycles. The van der Waals surface area contributed by atoms with Crippen LogP contribution in [0.2, 0.25) is 0 Å². The van der Waals surface area contributed by atoms with Crippen molar-refractivity contribution in [3.8, 4) is 28.4 Å². The molecule has 2 nitrogen and oxygen atoms in total. The Hall–Kier alpha value is -4.04. The van der Waals surface area contributed by atoms with Crippen molar-refractivity contribution >= 4 is 10.8 Å². The van der Waals surface area contributed by atoms with Crippen LogP contribution in [0, 0.1) is 0 Å². The van der Waals surface area contributed by atoms with Crippen molar-refractivity contribution in [2.24, 2.45) is 0 Å². The van der Waals surface area contributed by atoms with Gasteiger partial charge >= 0.3 is 0 Å². The molecule has 0 saturated heterocycles. The lowest BCUT2D eigenvalue weighted by molar-refractivity contribution is 0.415. The van der Waals surface area contributed by atoms with Crippen LogP contribution in [0.4, 0.5) is 0 Å². The Morgan fingerprint density at radius 2 is 1.41 bits per heavy atom. The molecular formula is C37H38O2. The Labute approximate surface area is 233 Å². The zero-order valence-corrected chi connectivity index (χ0v) is 23.7. The van der Waals surface area contributed by atoms with Crippen LogP contribution in [0.3, 0.4) is 0 Å². The van der Waals surface area contributed by atoms with Crippen LogP contribution in [-0.2, 0) is 12.8 Å². The second kappa shape index (κ2) is 11.8. The van der Waals surface area contributed by atoms with Crippen molar-refractivity contribution in [3.05, 3.63) is 125 Å². The summed E-state index contributed by atoms with van der Waals surface area (Å²) in [4.78, 5) is 0. The van der Waals surface area contributed by atoms with Crippen LogP contribution in [0.1, 0.15) is 61.8 Å². The van der Waals surface area contributed by atoms with Gasteiger partial charge in [-0.1, -0.05) is 88.4 Å². The highest BCUT2D eigenvalue weighted by Crippen LogP contribution is 2.33. The van der Waals surface area contributed by atoms with Gasteiger partial charge in [-0.2, -0.15) is 0 Å². The van der Waals surface area contributed by atoms with Gasteiger partial charge in [0.25, 0.3) is 0 Å². The number of benzene rings is 5. The Morgan fingerprint density at radius 3 is 2.15 bits per heavy atom. The van der Waals surface area contributed by atoms with Gasteiger partial charge in [-0.15, -0.1) is 0 Å². The van der Waals surface area contributed by atoms with Gasteiger partial charge in [-0.25, -0.2) is 0 Å². The van der Waals surface area contributed by atoms with Crippen LogP contribution in [0.5, 0.6) is 17.2 Å². The summed E-state index contributed by atoms with van der Waals surface area (Å²) in [6.07, 6.45) is 2.00. The number of hydrogen-bond donors (Lipinski definition) is 0. The Balaban J connectivity index is 1.32. The van der Waals surface area contributed by atoms with E-state index >= 15 is 0 Å². The summed E-state index contributed by atoms with van der Waals surface area (Å²) in [5.41, 5.74) is 7.77. The highest BCUT2D eigenvalue weighted by molar-refractivity contribution is 5.91. The number of methoxy groups -OCH3 is 1. The molecule has 5 rings (SSSR count). The van der Waals surface area contributed by atoms with Crippen molar-refractivity contribution in [2.45, 2.75) is 52.4 Å². The lowest BCUT2D eigenvalue weighted by Gasteiger charge is -2.15. The third-order valence-electron chi connectivity index (χ3n) is 7.64.